The lowest BCUT2D eigenvalue weighted by Crippen LogP contribution is -2.15. The van der Waals surface area contributed by atoms with Crippen molar-refractivity contribution in [3.8, 4) is 0 Å². The van der Waals surface area contributed by atoms with E-state index in [1.807, 2.05) is 6.92 Å². The maximum Gasteiger partial charge on any atom is 0.537 e. The molecule has 0 aromatic carbocycles. The van der Waals surface area contributed by atoms with Crippen molar-refractivity contribution >= 4 is 8.03 Å². The summed E-state index contributed by atoms with van der Waals surface area (Å²) in [7, 11) is -2.42. The molecule has 0 aliphatic carbocycles. The fourth-order valence-corrected chi connectivity index (χ4v) is 1.93. The first kappa shape index (κ1) is 12.0. The predicted molar refractivity (Wildman–Crippen MR) is 49.1 cm³/mol. The highest BCUT2D eigenvalue weighted by Gasteiger charge is 2.33. The molecule has 0 radical (unpaired) electrons. The van der Waals surface area contributed by atoms with Gasteiger partial charge in [0, 0.05) is 5.92 Å². The minimum Gasteiger partial charge on any atom is -0.348 e. The number of hydrogen-bond acceptors (Lipinski definition) is 2. The SMILES string of the molecule is CCCCC(CC)C(O)[P+](=O)O. The second-order valence-electron chi connectivity index (χ2n) is 3.03. The Balaban J connectivity index is 3.87. The number of rotatable bonds is 6. The first-order chi connectivity index (χ1) is 5.63. The molecule has 0 heterocycles. The Morgan fingerprint density at radius 2 is 2.00 bits per heavy atom. The molecule has 0 saturated carbocycles. The second kappa shape index (κ2) is 6.53. The fourth-order valence-electron chi connectivity index (χ4n) is 1.21. The summed E-state index contributed by atoms with van der Waals surface area (Å²) in [6.07, 6.45) is 3.68. The van der Waals surface area contributed by atoms with Gasteiger partial charge in [0.1, 0.15) is 0 Å². The van der Waals surface area contributed by atoms with Gasteiger partial charge in [0.05, 0.1) is 0 Å². The van der Waals surface area contributed by atoms with E-state index in [0.29, 0.717) is 0 Å². The van der Waals surface area contributed by atoms with Crippen LogP contribution in [0, 0.1) is 5.92 Å². The molecule has 12 heavy (non-hydrogen) atoms. The first-order valence-corrected chi connectivity index (χ1v) is 5.74. The molecule has 3 nitrogen and oxygen atoms in total. The van der Waals surface area contributed by atoms with Gasteiger partial charge in [-0.3, -0.25) is 0 Å². The van der Waals surface area contributed by atoms with Crippen LogP contribution in [0.5, 0.6) is 0 Å². The molecule has 0 amide bonds. The smallest absolute Gasteiger partial charge is 0.348 e. The van der Waals surface area contributed by atoms with Crippen molar-refractivity contribution < 1.29 is 14.6 Å². The van der Waals surface area contributed by atoms with Gasteiger partial charge in [0.2, 0.25) is 0 Å². The average Bonchev–Trinajstić information content (AvgIpc) is 2.05. The van der Waals surface area contributed by atoms with Crippen molar-refractivity contribution in [2.45, 2.75) is 45.4 Å². The summed E-state index contributed by atoms with van der Waals surface area (Å²) >= 11 is 0. The summed E-state index contributed by atoms with van der Waals surface area (Å²) in [6, 6.07) is 0. The van der Waals surface area contributed by atoms with Gasteiger partial charge in [-0.15, -0.1) is 0 Å². The standard InChI is InChI=1S/C8H17O3P/c1-3-5-6-7(4-2)8(9)12(10)11/h7-9H,3-6H2,1-2H3/p+1. The van der Waals surface area contributed by atoms with E-state index in [4.69, 9.17) is 4.89 Å². The second-order valence-corrected chi connectivity index (χ2v) is 4.16. The number of aliphatic hydroxyl groups excluding tert-OH is 1. The first-order valence-electron chi connectivity index (χ1n) is 4.46. The zero-order valence-corrected chi connectivity index (χ0v) is 8.63. The molecule has 2 N–H and O–H groups in total. The molecule has 72 valence electrons. The van der Waals surface area contributed by atoms with Crippen LogP contribution in [0.2, 0.25) is 0 Å². The molecule has 0 aromatic heterocycles. The number of aliphatic hydroxyl groups is 1. The van der Waals surface area contributed by atoms with E-state index in [1.54, 1.807) is 0 Å². The molecule has 3 atom stereocenters. The maximum absolute atomic E-state index is 10.6. The fraction of sp³-hybridized carbons (Fsp3) is 1.00. The third-order valence-corrected chi connectivity index (χ3v) is 2.98. The predicted octanol–water partition coefficient (Wildman–Crippen LogP) is 2.26. The summed E-state index contributed by atoms with van der Waals surface area (Å²) in [5, 5.41) is 9.28. The van der Waals surface area contributed by atoms with Crippen molar-refractivity contribution in [1.82, 2.24) is 0 Å². The normalized spacial score (nSPS) is 17.2. The van der Waals surface area contributed by atoms with Gasteiger partial charge in [-0.05, 0) is 17.4 Å². The lowest BCUT2D eigenvalue weighted by atomic mass is 10.0. The zero-order chi connectivity index (χ0) is 9.56. The highest BCUT2D eigenvalue weighted by Crippen LogP contribution is 2.31. The molecular formula is C8H18O3P+. The van der Waals surface area contributed by atoms with Gasteiger partial charge in [0.25, 0.3) is 5.85 Å². The Kier molecular flexibility index (Phi) is 6.54. The van der Waals surface area contributed by atoms with Crippen LogP contribution in [-0.2, 0) is 4.57 Å². The third kappa shape index (κ3) is 4.15. The van der Waals surface area contributed by atoms with Crippen LogP contribution >= 0.6 is 8.03 Å². The minimum atomic E-state index is -2.42. The Labute approximate surface area is 74.7 Å². The van der Waals surface area contributed by atoms with E-state index >= 15 is 0 Å². The lowest BCUT2D eigenvalue weighted by Gasteiger charge is -2.11. The molecular weight excluding hydrogens is 175 g/mol. The van der Waals surface area contributed by atoms with Gasteiger partial charge in [-0.2, -0.15) is 4.89 Å². The molecule has 0 aliphatic rings. The summed E-state index contributed by atoms with van der Waals surface area (Å²) in [5.41, 5.74) is 0. The quantitative estimate of drug-likeness (QED) is 0.636. The topological polar surface area (TPSA) is 57.5 Å². The summed E-state index contributed by atoms with van der Waals surface area (Å²) in [6.45, 7) is 4.00. The Bertz CT molecular complexity index is 138. The number of hydrogen-bond donors (Lipinski definition) is 2. The van der Waals surface area contributed by atoms with Crippen LogP contribution in [0.25, 0.3) is 0 Å². The van der Waals surface area contributed by atoms with Crippen LogP contribution in [0.1, 0.15) is 39.5 Å². The molecule has 3 unspecified atom stereocenters. The Morgan fingerprint density at radius 3 is 2.33 bits per heavy atom. The van der Waals surface area contributed by atoms with Gasteiger partial charge >= 0.3 is 8.03 Å². The monoisotopic (exact) mass is 193 g/mol. The Morgan fingerprint density at radius 1 is 1.42 bits per heavy atom. The van der Waals surface area contributed by atoms with Crippen molar-refractivity contribution in [3.05, 3.63) is 0 Å². The van der Waals surface area contributed by atoms with E-state index in [0.717, 1.165) is 25.7 Å². The van der Waals surface area contributed by atoms with Crippen LogP contribution in [-0.4, -0.2) is 15.8 Å². The van der Waals surface area contributed by atoms with E-state index in [-0.39, 0.29) is 5.92 Å². The molecule has 0 aliphatic heterocycles. The van der Waals surface area contributed by atoms with E-state index in [2.05, 4.69) is 6.92 Å². The zero-order valence-electron chi connectivity index (χ0n) is 7.73. The van der Waals surface area contributed by atoms with Gasteiger partial charge in [-0.1, -0.05) is 26.7 Å². The number of unbranched alkanes of at least 4 members (excludes halogenated alkanes) is 1. The van der Waals surface area contributed by atoms with Gasteiger partial charge < -0.3 is 5.11 Å². The summed E-state index contributed by atoms with van der Waals surface area (Å²) in [4.78, 5) is 8.68. The molecule has 0 rings (SSSR count). The Hall–Kier alpha value is 0.0200. The third-order valence-electron chi connectivity index (χ3n) is 2.10. The largest absolute Gasteiger partial charge is 0.537 e. The van der Waals surface area contributed by atoms with Crippen molar-refractivity contribution in [2.75, 3.05) is 0 Å². The van der Waals surface area contributed by atoms with E-state index < -0.39 is 13.9 Å². The van der Waals surface area contributed by atoms with Crippen molar-refractivity contribution in [2.24, 2.45) is 5.92 Å². The molecule has 0 fully saturated rings. The molecule has 4 heteroatoms. The highest BCUT2D eigenvalue weighted by molar-refractivity contribution is 7.38. The van der Waals surface area contributed by atoms with Crippen molar-refractivity contribution in [1.29, 1.82) is 0 Å². The van der Waals surface area contributed by atoms with E-state index in [1.165, 1.54) is 0 Å². The summed E-state index contributed by atoms with van der Waals surface area (Å²) in [5.74, 6) is -1.05. The maximum atomic E-state index is 10.6. The van der Waals surface area contributed by atoms with Crippen LogP contribution in [0.15, 0.2) is 0 Å². The summed E-state index contributed by atoms with van der Waals surface area (Å²) < 4.78 is 10.6. The molecule has 0 aromatic rings. The van der Waals surface area contributed by atoms with Crippen LogP contribution in [0.3, 0.4) is 0 Å². The van der Waals surface area contributed by atoms with Gasteiger partial charge in [-0.25, -0.2) is 0 Å². The van der Waals surface area contributed by atoms with Crippen LogP contribution in [0.4, 0.5) is 0 Å². The molecule has 0 saturated heterocycles. The van der Waals surface area contributed by atoms with Crippen LogP contribution < -0.4 is 0 Å². The highest BCUT2D eigenvalue weighted by atomic mass is 31.1. The lowest BCUT2D eigenvalue weighted by molar-refractivity contribution is 0.159. The molecule has 0 spiro atoms. The average molecular weight is 193 g/mol. The minimum absolute atomic E-state index is 0.0152. The van der Waals surface area contributed by atoms with Crippen molar-refractivity contribution in [3.63, 3.8) is 0 Å². The van der Waals surface area contributed by atoms with Gasteiger partial charge in [0.15, 0.2) is 0 Å². The molecule has 0 bridgehead atoms. The van der Waals surface area contributed by atoms with E-state index in [9.17, 15) is 9.67 Å².